The predicted molar refractivity (Wildman–Crippen MR) is 132 cm³/mol. The molecule has 2 aromatic heterocycles. The summed E-state index contributed by atoms with van der Waals surface area (Å²) in [6.07, 6.45) is 5.36. The topological polar surface area (TPSA) is 72.7 Å². The molecule has 1 atom stereocenters. The quantitative estimate of drug-likeness (QED) is 0.341. The number of carbonyl (C=O) groups excluding carboxylic acids is 1. The van der Waals surface area contributed by atoms with Crippen LogP contribution in [-0.4, -0.2) is 31.4 Å². The van der Waals surface area contributed by atoms with Crippen LogP contribution in [0.5, 0.6) is 0 Å². The predicted octanol–water partition coefficient (Wildman–Crippen LogP) is 5.39. The van der Waals surface area contributed by atoms with Gasteiger partial charge < -0.3 is 5.32 Å². The molecule has 2 aromatic carbocycles. The van der Waals surface area contributed by atoms with Crippen molar-refractivity contribution in [3.63, 3.8) is 0 Å². The van der Waals surface area contributed by atoms with Gasteiger partial charge in [0.1, 0.15) is 0 Å². The molecule has 4 rings (SSSR count). The van der Waals surface area contributed by atoms with Gasteiger partial charge in [-0.15, -0.1) is 10.2 Å². The van der Waals surface area contributed by atoms with Crippen LogP contribution in [0.4, 0.5) is 0 Å². The van der Waals surface area contributed by atoms with Gasteiger partial charge in [-0.2, -0.15) is 0 Å². The number of thioether (sulfide) groups is 1. The molecule has 4 aromatic rings. The Hall–Kier alpha value is -3.45. The molecule has 0 bridgehead atoms. The first kappa shape index (κ1) is 22.7. The number of aromatic nitrogens is 4. The molecule has 1 amide bonds. The number of hydrogen-bond donors (Lipinski definition) is 1. The Morgan fingerprint density at radius 2 is 1.73 bits per heavy atom. The van der Waals surface area contributed by atoms with Crippen LogP contribution in [0.2, 0.25) is 0 Å². The van der Waals surface area contributed by atoms with Crippen molar-refractivity contribution >= 4 is 17.7 Å². The number of rotatable bonds is 9. The lowest BCUT2D eigenvalue weighted by Gasteiger charge is -2.18. The minimum atomic E-state index is -0.0220. The van der Waals surface area contributed by atoms with Gasteiger partial charge in [0, 0.05) is 23.6 Å². The Labute approximate surface area is 198 Å². The van der Waals surface area contributed by atoms with Crippen LogP contribution in [-0.2, 0) is 4.79 Å². The molecule has 0 spiro atoms. The van der Waals surface area contributed by atoms with E-state index in [1.807, 2.05) is 47.0 Å². The van der Waals surface area contributed by atoms with Gasteiger partial charge >= 0.3 is 0 Å². The largest absolute Gasteiger partial charge is 0.349 e. The zero-order valence-electron chi connectivity index (χ0n) is 18.8. The standard InChI is InChI=1S/C26H27N5OS/c1-3-7-23(20-8-5-4-6-9-20)28-24(32)18-33-26-30-29-25(21-14-16-27-17-15-21)31(26)22-12-10-19(2)11-13-22/h4-6,8-17,23H,3,7,18H2,1-2H3,(H,28,32). The Kier molecular flexibility index (Phi) is 7.52. The Morgan fingerprint density at radius 1 is 1.00 bits per heavy atom. The first-order chi connectivity index (χ1) is 16.2. The molecule has 7 heteroatoms. The number of pyridine rings is 1. The van der Waals surface area contributed by atoms with E-state index >= 15 is 0 Å². The van der Waals surface area contributed by atoms with Gasteiger partial charge in [0.15, 0.2) is 11.0 Å². The minimum absolute atomic E-state index is 0.00616. The van der Waals surface area contributed by atoms with Gasteiger partial charge in [0.05, 0.1) is 11.8 Å². The Morgan fingerprint density at radius 3 is 2.42 bits per heavy atom. The fourth-order valence-corrected chi connectivity index (χ4v) is 4.40. The molecule has 1 N–H and O–H groups in total. The summed E-state index contributed by atoms with van der Waals surface area (Å²) in [5, 5.41) is 12.7. The summed E-state index contributed by atoms with van der Waals surface area (Å²) in [6.45, 7) is 4.18. The average molecular weight is 458 g/mol. The van der Waals surface area contributed by atoms with Gasteiger partial charge in [-0.05, 0) is 43.2 Å². The van der Waals surface area contributed by atoms with Crippen LogP contribution < -0.4 is 5.32 Å². The van der Waals surface area contributed by atoms with Crippen LogP contribution in [0.25, 0.3) is 17.1 Å². The Bertz CT molecular complexity index is 1180. The maximum Gasteiger partial charge on any atom is 0.230 e. The van der Waals surface area contributed by atoms with E-state index in [-0.39, 0.29) is 17.7 Å². The molecule has 0 aliphatic carbocycles. The maximum absolute atomic E-state index is 12.8. The Balaban J connectivity index is 1.55. The molecule has 1 unspecified atom stereocenters. The number of aryl methyl sites for hydroxylation is 1. The number of benzene rings is 2. The molecule has 0 fully saturated rings. The van der Waals surface area contributed by atoms with Crippen molar-refractivity contribution in [2.75, 3.05) is 5.75 Å². The minimum Gasteiger partial charge on any atom is -0.349 e. The molecule has 33 heavy (non-hydrogen) atoms. The van der Waals surface area contributed by atoms with Crippen molar-refractivity contribution in [2.24, 2.45) is 0 Å². The highest BCUT2D eigenvalue weighted by Crippen LogP contribution is 2.28. The second-order valence-corrected chi connectivity index (χ2v) is 8.76. The lowest BCUT2D eigenvalue weighted by molar-refractivity contribution is -0.119. The van der Waals surface area contributed by atoms with E-state index in [0.717, 1.165) is 35.5 Å². The van der Waals surface area contributed by atoms with Crippen molar-refractivity contribution in [3.8, 4) is 17.1 Å². The zero-order valence-corrected chi connectivity index (χ0v) is 19.6. The molecule has 0 saturated carbocycles. The molecule has 0 aliphatic rings. The van der Waals surface area contributed by atoms with Crippen molar-refractivity contribution in [2.45, 2.75) is 37.9 Å². The lowest BCUT2D eigenvalue weighted by Crippen LogP contribution is -2.30. The van der Waals surface area contributed by atoms with Crippen molar-refractivity contribution < 1.29 is 4.79 Å². The SMILES string of the molecule is CCCC(NC(=O)CSc1nnc(-c2ccncc2)n1-c1ccc(C)cc1)c1ccccc1. The summed E-state index contributed by atoms with van der Waals surface area (Å²) in [5.74, 6) is 0.955. The number of carbonyl (C=O) groups is 1. The van der Waals surface area contributed by atoms with E-state index in [1.165, 1.54) is 17.3 Å². The van der Waals surface area contributed by atoms with Gasteiger partial charge in [0.2, 0.25) is 5.91 Å². The van der Waals surface area contributed by atoms with Crippen molar-refractivity contribution in [1.82, 2.24) is 25.1 Å². The van der Waals surface area contributed by atoms with E-state index in [2.05, 4.69) is 58.6 Å². The number of nitrogens with one attached hydrogen (secondary N) is 1. The summed E-state index contributed by atoms with van der Waals surface area (Å²) in [6, 6.07) is 22.1. The highest BCUT2D eigenvalue weighted by Gasteiger charge is 2.19. The summed E-state index contributed by atoms with van der Waals surface area (Å²) in [4.78, 5) is 16.9. The lowest BCUT2D eigenvalue weighted by atomic mass is 10.0. The number of hydrogen-bond acceptors (Lipinski definition) is 5. The van der Waals surface area contributed by atoms with Gasteiger partial charge in [-0.25, -0.2) is 0 Å². The smallest absolute Gasteiger partial charge is 0.230 e. The van der Waals surface area contributed by atoms with E-state index in [0.29, 0.717) is 5.16 Å². The molecular formula is C26H27N5OS. The summed E-state index contributed by atoms with van der Waals surface area (Å²) < 4.78 is 1.99. The summed E-state index contributed by atoms with van der Waals surface area (Å²) in [7, 11) is 0. The first-order valence-corrected chi connectivity index (χ1v) is 12.0. The van der Waals surface area contributed by atoms with E-state index in [9.17, 15) is 4.79 Å². The van der Waals surface area contributed by atoms with Gasteiger partial charge in [-0.1, -0.05) is 73.1 Å². The van der Waals surface area contributed by atoms with Crippen LogP contribution in [0.1, 0.15) is 36.9 Å². The van der Waals surface area contributed by atoms with Crippen LogP contribution >= 0.6 is 11.8 Å². The highest BCUT2D eigenvalue weighted by atomic mass is 32.2. The van der Waals surface area contributed by atoms with Gasteiger partial charge in [-0.3, -0.25) is 14.3 Å². The molecule has 168 valence electrons. The molecule has 2 heterocycles. The zero-order chi connectivity index (χ0) is 23.0. The monoisotopic (exact) mass is 457 g/mol. The van der Waals surface area contributed by atoms with Crippen LogP contribution in [0.3, 0.4) is 0 Å². The average Bonchev–Trinajstić information content (AvgIpc) is 3.28. The normalized spacial score (nSPS) is 11.8. The van der Waals surface area contributed by atoms with Crippen LogP contribution in [0, 0.1) is 6.92 Å². The highest BCUT2D eigenvalue weighted by molar-refractivity contribution is 7.99. The van der Waals surface area contributed by atoms with Gasteiger partial charge in [0.25, 0.3) is 0 Å². The molecule has 0 aliphatic heterocycles. The third kappa shape index (κ3) is 5.68. The summed E-state index contributed by atoms with van der Waals surface area (Å²) >= 11 is 1.39. The number of nitrogens with zero attached hydrogens (tertiary/aromatic N) is 4. The number of amides is 1. The second-order valence-electron chi connectivity index (χ2n) is 7.82. The second kappa shape index (κ2) is 10.9. The molecule has 0 saturated heterocycles. The third-order valence-electron chi connectivity index (χ3n) is 5.31. The van der Waals surface area contributed by atoms with Crippen molar-refractivity contribution in [3.05, 3.63) is 90.3 Å². The van der Waals surface area contributed by atoms with E-state index in [4.69, 9.17) is 0 Å². The van der Waals surface area contributed by atoms with E-state index in [1.54, 1.807) is 12.4 Å². The first-order valence-electron chi connectivity index (χ1n) is 11.1. The molecular weight excluding hydrogens is 430 g/mol. The van der Waals surface area contributed by atoms with E-state index < -0.39 is 0 Å². The van der Waals surface area contributed by atoms with Crippen LogP contribution in [0.15, 0.2) is 84.3 Å². The third-order valence-corrected chi connectivity index (χ3v) is 6.24. The molecule has 0 radical (unpaired) electrons. The fourth-order valence-electron chi connectivity index (χ4n) is 3.64. The van der Waals surface area contributed by atoms with Crippen molar-refractivity contribution in [1.29, 1.82) is 0 Å². The maximum atomic E-state index is 12.8. The fraction of sp³-hybridized carbons (Fsp3) is 0.231. The summed E-state index contributed by atoms with van der Waals surface area (Å²) in [5.41, 5.74) is 4.17. The molecule has 6 nitrogen and oxygen atoms in total.